The molecule has 1 atom stereocenters. The van der Waals surface area contributed by atoms with Crippen molar-refractivity contribution in [2.45, 2.75) is 12.2 Å². The van der Waals surface area contributed by atoms with Gasteiger partial charge in [-0.3, -0.25) is 5.73 Å². The van der Waals surface area contributed by atoms with Gasteiger partial charge < -0.3 is 25.4 Å². The zero-order valence-electron chi connectivity index (χ0n) is 19.2. The number of rotatable bonds is 7. The number of hydrogen-bond donors (Lipinski definition) is 4. The largest absolute Gasteiger partial charge is 0.372 e. The van der Waals surface area contributed by atoms with E-state index in [1.165, 1.54) is 5.39 Å². The van der Waals surface area contributed by atoms with Gasteiger partial charge >= 0.3 is 0 Å². The first kappa shape index (κ1) is 21.7. The van der Waals surface area contributed by atoms with Gasteiger partial charge in [0.15, 0.2) is 0 Å². The van der Waals surface area contributed by atoms with E-state index >= 15 is 0 Å². The van der Waals surface area contributed by atoms with Crippen molar-refractivity contribution in [2.24, 2.45) is 10.7 Å². The fourth-order valence-electron chi connectivity index (χ4n) is 4.51. The average molecular weight is 444 g/mol. The number of piperazine rings is 1. The molecule has 0 saturated carbocycles. The predicted octanol–water partition coefficient (Wildman–Crippen LogP) is 2.65. The summed E-state index contributed by atoms with van der Waals surface area (Å²) >= 11 is 0. The highest BCUT2D eigenvalue weighted by Gasteiger charge is 2.29. The molecule has 7 nitrogen and oxygen atoms in total. The van der Waals surface area contributed by atoms with E-state index in [2.05, 4.69) is 73.9 Å². The van der Waals surface area contributed by atoms with E-state index in [0.717, 1.165) is 73.8 Å². The number of aliphatic imine (C=N–C) groups is 1. The molecule has 172 valence electrons. The third-order valence-electron chi connectivity index (χ3n) is 6.55. The van der Waals surface area contributed by atoms with E-state index in [1.807, 2.05) is 24.3 Å². The van der Waals surface area contributed by atoms with Crippen LogP contribution in [0.1, 0.15) is 12.0 Å². The Kier molecular flexibility index (Phi) is 6.17. The molecule has 1 unspecified atom stereocenters. The van der Waals surface area contributed by atoms with Crippen LogP contribution < -0.4 is 16.4 Å². The van der Waals surface area contributed by atoms with Crippen molar-refractivity contribution in [3.8, 4) is 11.3 Å². The summed E-state index contributed by atoms with van der Waals surface area (Å²) in [5.41, 5.74) is 10.9. The van der Waals surface area contributed by atoms with E-state index in [4.69, 9.17) is 5.73 Å². The lowest BCUT2D eigenvalue weighted by Crippen LogP contribution is -2.52. The Morgan fingerprint density at radius 1 is 1.06 bits per heavy atom. The standard InChI is InChI=1S/C26H33N7/c1-32-14-16-33(17-15-32)13-5-11-28-25-10-12-29-26(27,31-25)22-8-4-7-20(18-22)24-19-21-6-2-3-9-23(21)30-24/h2-4,6-10,12,18-19,28,30-31H,5,11,13-17,27H2,1H3. The number of hydrogen-bond acceptors (Lipinski definition) is 6. The van der Waals surface area contributed by atoms with E-state index in [9.17, 15) is 0 Å². The molecule has 1 aromatic heterocycles. The number of nitrogens with one attached hydrogen (secondary N) is 3. The van der Waals surface area contributed by atoms with E-state index in [1.54, 1.807) is 6.21 Å². The second-order valence-corrected chi connectivity index (χ2v) is 9.03. The number of aromatic nitrogens is 1. The summed E-state index contributed by atoms with van der Waals surface area (Å²) < 4.78 is 0. The van der Waals surface area contributed by atoms with Crippen molar-refractivity contribution < 1.29 is 0 Å². The van der Waals surface area contributed by atoms with Gasteiger partial charge in [-0.15, -0.1) is 0 Å². The van der Waals surface area contributed by atoms with E-state index in [0.29, 0.717) is 0 Å². The lowest BCUT2D eigenvalue weighted by atomic mass is 10.0. The van der Waals surface area contributed by atoms with Gasteiger partial charge in [-0.1, -0.05) is 36.4 Å². The monoisotopic (exact) mass is 443 g/mol. The van der Waals surface area contributed by atoms with Crippen LogP contribution in [-0.4, -0.2) is 67.3 Å². The Morgan fingerprint density at radius 2 is 1.91 bits per heavy atom. The van der Waals surface area contributed by atoms with Crippen LogP contribution in [0.4, 0.5) is 0 Å². The number of nitrogens with zero attached hydrogens (tertiary/aromatic N) is 3. The quantitative estimate of drug-likeness (QED) is 0.422. The Balaban J connectivity index is 1.21. The van der Waals surface area contributed by atoms with Gasteiger partial charge in [0, 0.05) is 61.1 Å². The molecule has 33 heavy (non-hydrogen) atoms. The summed E-state index contributed by atoms with van der Waals surface area (Å²) in [7, 11) is 2.19. The molecule has 5 N–H and O–H groups in total. The molecule has 3 heterocycles. The van der Waals surface area contributed by atoms with E-state index < -0.39 is 5.79 Å². The Morgan fingerprint density at radius 3 is 2.76 bits per heavy atom. The van der Waals surface area contributed by atoms with Gasteiger partial charge in [-0.25, -0.2) is 4.99 Å². The molecule has 2 aromatic carbocycles. The molecule has 0 radical (unpaired) electrons. The van der Waals surface area contributed by atoms with Crippen molar-refractivity contribution in [3.63, 3.8) is 0 Å². The van der Waals surface area contributed by atoms with Gasteiger partial charge in [0.05, 0.1) is 0 Å². The summed E-state index contributed by atoms with van der Waals surface area (Å²) in [5.74, 6) is -0.0989. The van der Waals surface area contributed by atoms with Crippen LogP contribution in [0.3, 0.4) is 0 Å². The van der Waals surface area contributed by atoms with Crippen molar-refractivity contribution in [2.75, 3.05) is 46.3 Å². The summed E-state index contributed by atoms with van der Waals surface area (Å²) in [4.78, 5) is 13.0. The maximum absolute atomic E-state index is 6.71. The molecule has 0 spiro atoms. The van der Waals surface area contributed by atoms with Crippen molar-refractivity contribution >= 4 is 17.1 Å². The number of benzene rings is 2. The topological polar surface area (TPSA) is 84.7 Å². The SMILES string of the molecule is CN1CCN(CCCNC2=CC=NC(N)(c3cccc(-c4cc5ccccc5[nH]4)c3)N2)CC1. The zero-order chi connectivity index (χ0) is 22.7. The van der Waals surface area contributed by atoms with Crippen molar-refractivity contribution in [1.82, 2.24) is 25.4 Å². The number of allylic oxidation sites excluding steroid dienone is 1. The molecule has 0 bridgehead atoms. The van der Waals surface area contributed by atoms with Crippen LogP contribution in [-0.2, 0) is 5.79 Å². The Labute approximate surface area is 195 Å². The zero-order valence-corrected chi connectivity index (χ0v) is 19.2. The minimum absolute atomic E-state index is 0.893. The third kappa shape index (κ3) is 4.95. The molecule has 1 saturated heterocycles. The van der Waals surface area contributed by atoms with Crippen LogP contribution in [0.15, 0.2) is 71.5 Å². The molecule has 2 aliphatic rings. The normalized spacial score (nSPS) is 21.7. The second kappa shape index (κ2) is 9.39. The highest BCUT2D eigenvalue weighted by atomic mass is 15.3. The van der Waals surface area contributed by atoms with Gasteiger partial charge in [-0.05, 0) is 49.9 Å². The lowest BCUT2D eigenvalue weighted by molar-refractivity contribution is 0.153. The van der Waals surface area contributed by atoms with Crippen LogP contribution >= 0.6 is 0 Å². The van der Waals surface area contributed by atoms with Crippen LogP contribution in [0.25, 0.3) is 22.2 Å². The number of likely N-dealkylation sites (N-methyl/N-ethyl adjacent to an activating group) is 1. The molecular formula is C26H33N7. The maximum Gasteiger partial charge on any atom is 0.210 e. The highest BCUT2D eigenvalue weighted by molar-refractivity contribution is 5.85. The fourth-order valence-corrected chi connectivity index (χ4v) is 4.51. The first-order valence-electron chi connectivity index (χ1n) is 11.8. The highest BCUT2D eigenvalue weighted by Crippen LogP contribution is 2.28. The Bertz CT molecular complexity index is 1120. The van der Waals surface area contributed by atoms with Gasteiger partial charge in [0.25, 0.3) is 0 Å². The number of fused-ring (bicyclic) bond motifs is 1. The van der Waals surface area contributed by atoms with Crippen LogP contribution in [0.2, 0.25) is 0 Å². The summed E-state index contributed by atoms with van der Waals surface area (Å²) in [6.07, 6.45) is 4.82. The van der Waals surface area contributed by atoms with Gasteiger partial charge in [-0.2, -0.15) is 0 Å². The average Bonchev–Trinajstić information content (AvgIpc) is 3.28. The summed E-state index contributed by atoms with van der Waals surface area (Å²) in [5, 5.41) is 8.08. The summed E-state index contributed by atoms with van der Waals surface area (Å²) in [6, 6.07) is 18.7. The minimum Gasteiger partial charge on any atom is -0.372 e. The molecule has 3 aromatic rings. The van der Waals surface area contributed by atoms with Crippen molar-refractivity contribution in [3.05, 3.63) is 72.1 Å². The number of nitrogens with two attached hydrogens (primary N) is 1. The van der Waals surface area contributed by atoms with Crippen molar-refractivity contribution in [1.29, 1.82) is 0 Å². The van der Waals surface area contributed by atoms with Crippen LogP contribution in [0, 0.1) is 0 Å². The molecule has 5 rings (SSSR count). The number of para-hydroxylation sites is 1. The number of H-pyrrole nitrogens is 1. The molecule has 0 amide bonds. The second-order valence-electron chi connectivity index (χ2n) is 9.03. The molecule has 0 aliphatic carbocycles. The van der Waals surface area contributed by atoms with Gasteiger partial charge in [0.2, 0.25) is 5.79 Å². The first-order valence-corrected chi connectivity index (χ1v) is 11.8. The number of aromatic amines is 1. The first-order chi connectivity index (χ1) is 16.1. The summed E-state index contributed by atoms with van der Waals surface area (Å²) in [6.45, 7) is 6.63. The fraction of sp³-hybridized carbons (Fsp3) is 0.346. The Hall–Kier alpha value is -3.13. The molecular weight excluding hydrogens is 410 g/mol. The minimum atomic E-state index is -1.00. The molecule has 7 heteroatoms. The molecule has 1 fully saturated rings. The van der Waals surface area contributed by atoms with E-state index in [-0.39, 0.29) is 0 Å². The third-order valence-corrected chi connectivity index (χ3v) is 6.55. The maximum atomic E-state index is 6.71. The van der Waals surface area contributed by atoms with Crippen LogP contribution in [0.5, 0.6) is 0 Å². The predicted molar refractivity (Wildman–Crippen MR) is 136 cm³/mol. The van der Waals surface area contributed by atoms with Gasteiger partial charge in [0.1, 0.15) is 5.82 Å². The smallest absolute Gasteiger partial charge is 0.210 e. The lowest BCUT2D eigenvalue weighted by Gasteiger charge is -2.33. The molecule has 2 aliphatic heterocycles.